The van der Waals surface area contributed by atoms with Gasteiger partial charge >= 0.3 is 0 Å². The Balaban J connectivity index is 0.610. The van der Waals surface area contributed by atoms with Crippen LogP contribution in [0.25, 0.3) is 21.8 Å². The van der Waals surface area contributed by atoms with E-state index in [-0.39, 0.29) is 78.4 Å². The van der Waals surface area contributed by atoms with Crippen LogP contribution in [0.2, 0.25) is 0 Å². The van der Waals surface area contributed by atoms with Crippen molar-refractivity contribution in [2.75, 3.05) is 54.9 Å². The molecule has 0 spiro atoms. The van der Waals surface area contributed by atoms with Gasteiger partial charge in [0.05, 0.1) is 51.9 Å². The van der Waals surface area contributed by atoms with Crippen molar-refractivity contribution in [1.29, 1.82) is 0 Å². The third-order valence-electron chi connectivity index (χ3n) is 16.5. The number of para-hydroxylation sites is 1. The Morgan fingerprint density at radius 3 is 2.40 bits per heavy atom. The Bertz CT molecular complexity index is 3090. The third kappa shape index (κ3) is 11.0. The van der Waals surface area contributed by atoms with Gasteiger partial charge in [0.2, 0.25) is 23.6 Å². The molecule has 6 atom stereocenters. The van der Waals surface area contributed by atoms with Gasteiger partial charge in [-0.1, -0.05) is 32.0 Å². The number of phenolic OH excluding ortho intramolecular Hbond substituents is 1. The number of hydrogen-bond donors (Lipinski definition) is 4. The van der Waals surface area contributed by atoms with Crippen LogP contribution in [-0.4, -0.2) is 138 Å². The Kier molecular flexibility index (Phi) is 15.2. The molecule has 21 heteroatoms. The van der Waals surface area contributed by atoms with Crippen LogP contribution in [0.3, 0.4) is 0 Å². The van der Waals surface area contributed by atoms with Gasteiger partial charge in [0, 0.05) is 92.9 Å². The van der Waals surface area contributed by atoms with Crippen LogP contribution >= 0.6 is 11.3 Å². The van der Waals surface area contributed by atoms with E-state index < -0.39 is 18.1 Å². The molecule has 4 saturated heterocycles. The summed E-state index contributed by atoms with van der Waals surface area (Å²) in [6.45, 7) is 11.0. The number of carbonyl (C=O) groups is 3. The Hall–Kier alpha value is -7.39. The molecule has 5 aliphatic rings. The number of fused-ring (bicyclic) bond motifs is 2. The van der Waals surface area contributed by atoms with Crippen LogP contribution in [0.4, 0.5) is 17.2 Å². The number of nitrogens with one attached hydrogen (secondary N) is 1. The van der Waals surface area contributed by atoms with Crippen molar-refractivity contribution in [2.24, 2.45) is 17.8 Å². The molecule has 4 aliphatic heterocycles. The van der Waals surface area contributed by atoms with Crippen molar-refractivity contribution < 1.29 is 38.6 Å². The van der Waals surface area contributed by atoms with Gasteiger partial charge < -0.3 is 54.9 Å². The van der Waals surface area contributed by atoms with Gasteiger partial charge in [-0.25, -0.2) is 9.97 Å². The predicted molar refractivity (Wildman–Crippen MR) is 293 cm³/mol. The number of phenols is 1. The first-order valence-electron chi connectivity index (χ1n) is 27.4. The lowest BCUT2D eigenvalue weighted by molar-refractivity contribution is -0.143. The van der Waals surface area contributed by atoms with Gasteiger partial charge in [-0.3, -0.25) is 19.4 Å². The van der Waals surface area contributed by atoms with E-state index in [1.165, 1.54) is 16.2 Å². The molecule has 2 unspecified atom stereocenters. The number of aromatic nitrogens is 6. The fourth-order valence-electron chi connectivity index (χ4n) is 12.1. The SMILES string of the molecule is Cc1ncsc1-c1ccc([C@H](C)NC(=O)[C@@H]2C[C@@H](O)CN2C(=O)[C@@H](c2cc(OCCC3CCN(C(=O)C4CC(Oc5cc(N6C7CCC6CN(c6cc(-c8ccccc8O)nnc6N)C7)ccn5)C4)CC3)no2)C(C)C)cn1. The first-order valence-corrected chi connectivity index (χ1v) is 28.2. The molecule has 5 N–H and O–H groups in total. The third-order valence-corrected chi connectivity index (χ3v) is 17.4. The van der Waals surface area contributed by atoms with Crippen LogP contribution in [0.1, 0.15) is 101 Å². The summed E-state index contributed by atoms with van der Waals surface area (Å²) in [5.74, 6) is 0.589. The van der Waals surface area contributed by atoms with Crippen molar-refractivity contribution in [2.45, 2.75) is 121 Å². The molecule has 1 aliphatic carbocycles. The fraction of sp³-hybridized carbons (Fsp3) is 0.491. The number of nitrogens with zero attached hydrogens (tertiary/aromatic N) is 10. The lowest BCUT2D eigenvalue weighted by Gasteiger charge is -2.43. The molecule has 11 rings (SSSR count). The number of nitrogen functional groups attached to an aromatic ring is 1. The quantitative estimate of drug-likeness (QED) is 0.0722. The number of likely N-dealkylation sites (tertiary alicyclic amines) is 2. The molecule has 20 nitrogen and oxygen atoms in total. The van der Waals surface area contributed by atoms with Crippen LogP contribution in [0.15, 0.2) is 83.1 Å². The van der Waals surface area contributed by atoms with Gasteiger partial charge in [0.15, 0.2) is 11.6 Å². The van der Waals surface area contributed by atoms with E-state index in [9.17, 15) is 24.6 Å². The molecule has 3 amide bonds. The molecule has 5 fully saturated rings. The maximum absolute atomic E-state index is 14.3. The van der Waals surface area contributed by atoms with E-state index in [1.54, 1.807) is 36.1 Å². The standard InChI is InChI=1S/C57H68N12O8S/c1-32(2)52(57(74)68-30-41(70)24-47(68)55(72)62-33(3)36-9-12-44(60-27-36)53-34(4)61-31-78-53)49-26-51(65-77-49)75-20-16-35-14-18-66(19-15-35)56(73)37-21-42(22-37)76-50-23-38(13-17-59-50)69-39-10-11-40(69)29-67(28-39)46-25-45(63-64-54(46)58)43-7-5-6-8-48(43)71/h5-9,12-13,17,23,25-27,31-33,35,37,39-42,47,52,70-71H,10-11,14-16,18-22,24,28-30H2,1-4H3,(H2,58,64)(H,62,72)/t33-,37?,39?,40?,41+,42?,47-,52+/m0/s1. The number of rotatable bonds is 17. The number of aromatic hydroxyl groups is 1. The van der Waals surface area contributed by atoms with E-state index in [0.717, 1.165) is 78.4 Å². The molecular formula is C57H68N12O8S. The van der Waals surface area contributed by atoms with Crippen molar-refractivity contribution in [3.8, 4) is 39.3 Å². The van der Waals surface area contributed by atoms with E-state index in [2.05, 4.69) is 45.4 Å². The van der Waals surface area contributed by atoms with Crippen molar-refractivity contribution >= 4 is 46.3 Å². The van der Waals surface area contributed by atoms with Crippen LogP contribution in [-0.2, 0) is 14.4 Å². The number of pyridine rings is 2. The van der Waals surface area contributed by atoms with E-state index in [1.807, 2.05) is 75.1 Å². The number of nitrogens with two attached hydrogens (primary N) is 1. The number of anilines is 3. The molecule has 5 aromatic heterocycles. The van der Waals surface area contributed by atoms with Gasteiger partial charge in [-0.05, 0) is 112 Å². The minimum atomic E-state index is -0.862. The van der Waals surface area contributed by atoms with Crippen LogP contribution in [0, 0.1) is 24.7 Å². The average Bonchev–Trinajstić information content (AvgIpc) is 4.29. The molecule has 410 valence electrons. The van der Waals surface area contributed by atoms with E-state index in [0.29, 0.717) is 67.2 Å². The number of aliphatic hydroxyl groups excluding tert-OH is 1. The number of ether oxygens (including phenoxy) is 2. The molecule has 1 aromatic carbocycles. The molecule has 9 heterocycles. The number of β-amino-alcohol motifs (C(OH)–C–C–N with tert-alkyl or cyclic N) is 1. The molecule has 6 aromatic rings. The minimum Gasteiger partial charge on any atom is -0.507 e. The summed E-state index contributed by atoms with van der Waals surface area (Å²) in [4.78, 5) is 64.3. The van der Waals surface area contributed by atoms with Crippen molar-refractivity contribution in [3.05, 3.63) is 95.6 Å². The lowest BCUT2D eigenvalue weighted by Crippen LogP contribution is -2.54. The maximum atomic E-state index is 14.3. The number of hydrogen-bond acceptors (Lipinski definition) is 18. The highest BCUT2D eigenvalue weighted by molar-refractivity contribution is 7.13. The molecule has 78 heavy (non-hydrogen) atoms. The van der Waals surface area contributed by atoms with Gasteiger partial charge in [0.1, 0.15) is 23.8 Å². The van der Waals surface area contributed by atoms with Crippen molar-refractivity contribution in [1.82, 2.24) is 45.4 Å². The highest BCUT2D eigenvalue weighted by atomic mass is 32.1. The number of piperazine rings is 1. The first-order chi connectivity index (χ1) is 37.7. The van der Waals surface area contributed by atoms with Gasteiger partial charge in [0.25, 0.3) is 5.88 Å². The lowest BCUT2D eigenvalue weighted by atomic mass is 9.80. The maximum Gasteiger partial charge on any atom is 0.254 e. The molecular weight excluding hydrogens is 1010 g/mol. The largest absolute Gasteiger partial charge is 0.507 e. The molecule has 0 radical (unpaired) electrons. The highest BCUT2D eigenvalue weighted by Crippen LogP contribution is 2.41. The van der Waals surface area contributed by atoms with Gasteiger partial charge in [-0.15, -0.1) is 21.5 Å². The van der Waals surface area contributed by atoms with Gasteiger partial charge in [-0.2, -0.15) is 0 Å². The smallest absolute Gasteiger partial charge is 0.254 e. The summed E-state index contributed by atoms with van der Waals surface area (Å²) in [7, 11) is 0. The van der Waals surface area contributed by atoms with Crippen LogP contribution < -0.4 is 30.3 Å². The minimum absolute atomic E-state index is 0.0293. The van der Waals surface area contributed by atoms with Crippen LogP contribution in [0.5, 0.6) is 17.5 Å². The molecule has 1 saturated carbocycles. The number of benzene rings is 1. The normalized spacial score (nSPS) is 23.1. The number of aliphatic hydroxyl groups is 1. The highest BCUT2D eigenvalue weighted by Gasteiger charge is 2.45. The summed E-state index contributed by atoms with van der Waals surface area (Å²) in [6.07, 6.45) is 8.68. The monoisotopic (exact) mass is 1080 g/mol. The Morgan fingerprint density at radius 1 is 0.897 bits per heavy atom. The summed E-state index contributed by atoms with van der Waals surface area (Å²) >= 11 is 1.52. The second-order valence-corrected chi connectivity index (χ2v) is 22.9. The number of amides is 3. The number of aryl methyl sites for hydroxylation is 1. The second-order valence-electron chi connectivity index (χ2n) is 22.0. The summed E-state index contributed by atoms with van der Waals surface area (Å²) in [6, 6.07) is 17.9. The number of carbonyl (C=O) groups excluding carboxylic acids is 3. The average molecular weight is 1080 g/mol. The zero-order valence-corrected chi connectivity index (χ0v) is 45.3. The van der Waals surface area contributed by atoms with E-state index in [4.69, 9.17) is 19.7 Å². The number of piperidine rings is 1. The Labute approximate surface area is 457 Å². The molecule has 2 bridgehead atoms. The van der Waals surface area contributed by atoms with Crippen molar-refractivity contribution in [3.63, 3.8) is 0 Å². The number of thiazole rings is 1. The first kappa shape index (κ1) is 52.7. The van der Waals surface area contributed by atoms with E-state index >= 15 is 0 Å². The predicted octanol–water partition coefficient (Wildman–Crippen LogP) is 6.94. The fourth-order valence-corrected chi connectivity index (χ4v) is 12.9. The second kappa shape index (κ2) is 22.5. The zero-order valence-electron chi connectivity index (χ0n) is 44.5. The summed E-state index contributed by atoms with van der Waals surface area (Å²) in [5.41, 5.74) is 13.8. The summed E-state index contributed by atoms with van der Waals surface area (Å²) < 4.78 is 18.2. The Morgan fingerprint density at radius 2 is 1.68 bits per heavy atom. The topological polar surface area (TPSA) is 252 Å². The zero-order chi connectivity index (χ0) is 54.2. The summed E-state index contributed by atoms with van der Waals surface area (Å²) in [5, 5.41) is 36.9.